The van der Waals surface area contributed by atoms with Crippen molar-refractivity contribution in [2.75, 3.05) is 19.6 Å². The van der Waals surface area contributed by atoms with Gasteiger partial charge in [0.15, 0.2) is 0 Å². The highest BCUT2D eigenvalue weighted by Crippen LogP contribution is 2.42. The molecule has 2 atom stereocenters. The fourth-order valence-electron chi connectivity index (χ4n) is 4.13. The Morgan fingerprint density at radius 3 is 2.67 bits per heavy atom. The van der Waals surface area contributed by atoms with Gasteiger partial charge < -0.3 is 10.5 Å². The Kier molecular flexibility index (Phi) is 3.92. The largest absolute Gasteiger partial charge is 0.370 e. The Balaban J connectivity index is 1.49. The first-order valence-corrected chi connectivity index (χ1v) is 7.92. The van der Waals surface area contributed by atoms with Gasteiger partial charge in [-0.25, -0.2) is 0 Å². The summed E-state index contributed by atoms with van der Waals surface area (Å²) in [5.41, 5.74) is 6.33. The number of nitrogens with zero attached hydrogens (tertiary/aromatic N) is 1. The van der Waals surface area contributed by atoms with Crippen LogP contribution >= 0.6 is 0 Å². The Bertz CT molecular complexity index is 276. The molecule has 0 aromatic carbocycles. The smallest absolute Gasteiger partial charge is 0.0710 e. The van der Waals surface area contributed by atoms with Crippen LogP contribution in [-0.2, 0) is 4.74 Å². The molecule has 0 radical (unpaired) electrons. The summed E-state index contributed by atoms with van der Waals surface area (Å²) in [6, 6.07) is 0.392. The predicted molar refractivity (Wildman–Crippen MR) is 73.6 cm³/mol. The van der Waals surface area contributed by atoms with E-state index >= 15 is 0 Å². The van der Waals surface area contributed by atoms with Gasteiger partial charge in [-0.15, -0.1) is 0 Å². The van der Waals surface area contributed by atoms with Crippen molar-refractivity contribution in [3.05, 3.63) is 0 Å². The van der Waals surface area contributed by atoms with Gasteiger partial charge in [0.25, 0.3) is 0 Å². The minimum atomic E-state index is 0.279. The van der Waals surface area contributed by atoms with E-state index < -0.39 is 0 Å². The lowest BCUT2D eigenvalue weighted by Gasteiger charge is -2.35. The van der Waals surface area contributed by atoms with Gasteiger partial charge in [-0.05, 0) is 45.1 Å². The molecule has 3 fully saturated rings. The van der Waals surface area contributed by atoms with Gasteiger partial charge in [0.05, 0.1) is 11.7 Å². The van der Waals surface area contributed by atoms with Crippen LogP contribution in [0.15, 0.2) is 0 Å². The molecule has 0 bridgehead atoms. The zero-order valence-corrected chi connectivity index (χ0v) is 11.6. The molecular formula is C15H28N2O. The van der Waals surface area contributed by atoms with Gasteiger partial charge >= 0.3 is 0 Å². The maximum Gasteiger partial charge on any atom is 0.0710 e. The van der Waals surface area contributed by atoms with E-state index in [9.17, 15) is 0 Å². The summed E-state index contributed by atoms with van der Waals surface area (Å²) in [6.07, 6.45) is 12.3. The second-order valence-electron chi connectivity index (χ2n) is 6.68. The minimum Gasteiger partial charge on any atom is -0.370 e. The van der Waals surface area contributed by atoms with E-state index in [1.807, 2.05) is 0 Å². The SMILES string of the molecule is N[C@@H]1CCCN(CC2CCC3(CCCCC3)O2)C1. The molecule has 2 heterocycles. The number of piperidine rings is 1. The van der Waals surface area contributed by atoms with E-state index in [4.69, 9.17) is 10.5 Å². The van der Waals surface area contributed by atoms with Gasteiger partial charge in [-0.3, -0.25) is 4.90 Å². The fraction of sp³-hybridized carbons (Fsp3) is 1.00. The highest BCUT2D eigenvalue weighted by Gasteiger charge is 2.41. The molecule has 0 amide bonds. The summed E-state index contributed by atoms with van der Waals surface area (Å²) in [4.78, 5) is 2.53. The van der Waals surface area contributed by atoms with Crippen LogP contribution in [0.5, 0.6) is 0 Å². The third-order valence-electron chi connectivity index (χ3n) is 5.11. The van der Waals surface area contributed by atoms with Crippen LogP contribution < -0.4 is 5.73 Å². The summed E-state index contributed by atoms with van der Waals surface area (Å²) in [6.45, 7) is 3.42. The van der Waals surface area contributed by atoms with Crippen molar-refractivity contribution in [2.24, 2.45) is 5.73 Å². The highest BCUT2D eigenvalue weighted by molar-refractivity contribution is 4.92. The summed E-state index contributed by atoms with van der Waals surface area (Å²) >= 11 is 0. The number of hydrogen-bond acceptors (Lipinski definition) is 3. The molecule has 2 saturated heterocycles. The van der Waals surface area contributed by atoms with Crippen LogP contribution in [0, 0.1) is 0 Å². The fourth-order valence-corrected chi connectivity index (χ4v) is 4.13. The summed E-state index contributed by atoms with van der Waals surface area (Å²) in [5.74, 6) is 0. The molecule has 1 unspecified atom stereocenters. The number of ether oxygens (including phenoxy) is 1. The Morgan fingerprint density at radius 2 is 1.89 bits per heavy atom. The third kappa shape index (κ3) is 2.89. The first-order valence-electron chi connectivity index (χ1n) is 7.92. The van der Waals surface area contributed by atoms with Crippen LogP contribution in [0.3, 0.4) is 0 Å². The van der Waals surface area contributed by atoms with E-state index in [2.05, 4.69) is 4.90 Å². The Labute approximate surface area is 111 Å². The first-order chi connectivity index (χ1) is 8.76. The van der Waals surface area contributed by atoms with Crippen molar-refractivity contribution in [1.29, 1.82) is 0 Å². The number of rotatable bonds is 2. The molecule has 2 N–H and O–H groups in total. The quantitative estimate of drug-likeness (QED) is 0.819. The van der Waals surface area contributed by atoms with Gasteiger partial charge in [0.1, 0.15) is 0 Å². The van der Waals surface area contributed by atoms with E-state index in [1.54, 1.807) is 0 Å². The van der Waals surface area contributed by atoms with Gasteiger partial charge in [-0.1, -0.05) is 19.3 Å². The molecule has 0 aromatic heterocycles. The summed E-state index contributed by atoms with van der Waals surface area (Å²) < 4.78 is 6.45. The second kappa shape index (κ2) is 5.48. The standard InChI is InChI=1S/C15H28N2O/c16-13-5-4-10-17(11-13)12-14-6-9-15(18-14)7-2-1-3-8-15/h13-14H,1-12,16H2/t13-,14?/m1/s1. The maximum absolute atomic E-state index is 6.45. The third-order valence-corrected chi connectivity index (χ3v) is 5.11. The van der Waals surface area contributed by atoms with Crippen molar-refractivity contribution in [3.63, 3.8) is 0 Å². The monoisotopic (exact) mass is 252 g/mol. The zero-order valence-electron chi connectivity index (χ0n) is 11.6. The predicted octanol–water partition coefficient (Wildman–Crippen LogP) is 2.29. The minimum absolute atomic E-state index is 0.279. The van der Waals surface area contributed by atoms with Crippen molar-refractivity contribution in [2.45, 2.75) is 75.5 Å². The van der Waals surface area contributed by atoms with Crippen molar-refractivity contribution >= 4 is 0 Å². The van der Waals surface area contributed by atoms with Gasteiger partial charge in [-0.2, -0.15) is 0 Å². The number of likely N-dealkylation sites (tertiary alicyclic amines) is 1. The van der Waals surface area contributed by atoms with Crippen LogP contribution in [0.4, 0.5) is 0 Å². The van der Waals surface area contributed by atoms with E-state index in [1.165, 1.54) is 64.3 Å². The maximum atomic E-state index is 6.45. The molecule has 3 heteroatoms. The van der Waals surface area contributed by atoms with Crippen molar-refractivity contribution in [3.8, 4) is 0 Å². The van der Waals surface area contributed by atoms with Crippen molar-refractivity contribution in [1.82, 2.24) is 4.90 Å². The molecule has 104 valence electrons. The summed E-state index contributed by atoms with van der Waals surface area (Å²) in [5, 5.41) is 0. The number of nitrogens with two attached hydrogens (primary N) is 1. The second-order valence-corrected chi connectivity index (χ2v) is 6.68. The molecule has 2 aliphatic heterocycles. The lowest BCUT2D eigenvalue weighted by molar-refractivity contribution is -0.0731. The molecule has 3 aliphatic rings. The highest BCUT2D eigenvalue weighted by atomic mass is 16.5. The van der Waals surface area contributed by atoms with Crippen LogP contribution in [0.25, 0.3) is 0 Å². The van der Waals surface area contributed by atoms with Crippen LogP contribution in [0.2, 0.25) is 0 Å². The average Bonchev–Trinajstić information content (AvgIpc) is 2.73. The Hall–Kier alpha value is -0.120. The lowest BCUT2D eigenvalue weighted by atomic mass is 9.83. The number of hydrogen-bond donors (Lipinski definition) is 1. The normalized spacial score (nSPS) is 37.2. The topological polar surface area (TPSA) is 38.5 Å². The summed E-state index contributed by atoms with van der Waals surface area (Å²) in [7, 11) is 0. The average molecular weight is 252 g/mol. The lowest BCUT2D eigenvalue weighted by Crippen LogP contribution is -2.46. The molecule has 1 spiro atoms. The molecule has 3 rings (SSSR count). The first kappa shape index (κ1) is 12.9. The van der Waals surface area contributed by atoms with Crippen LogP contribution in [0.1, 0.15) is 57.8 Å². The van der Waals surface area contributed by atoms with Crippen molar-refractivity contribution < 1.29 is 4.74 Å². The molecule has 3 nitrogen and oxygen atoms in total. The van der Waals surface area contributed by atoms with Gasteiger partial charge in [0.2, 0.25) is 0 Å². The molecular weight excluding hydrogens is 224 g/mol. The van der Waals surface area contributed by atoms with E-state index in [0.29, 0.717) is 12.1 Å². The van der Waals surface area contributed by atoms with Crippen LogP contribution in [-0.4, -0.2) is 42.3 Å². The van der Waals surface area contributed by atoms with E-state index in [0.717, 1.165) is 13.1 Å². The molecule has 1 aliphatic carbocycles. The Morgan fingerprint density at radius 1 is 1.06 bits per heavy atom. The molecule has 18 heavy (non-hydrogen) atoms. The van der Waals surface area contributed by atoms with Gasteiger partial charge in [0, 0.05) is 19.1 Å². The molecule has 0 aromatic rings. The van der Waals surface area contributed by atoms with E-state index in [-0.39, 0.29) is 5.60 Å². The molecule has 1 saturated carbocycles. The zero-order chi connectivity index (χ0) is 12.4.